The normalized spacial score (nSPS) is 12.3. The van der Waals surface area contributed by atoms with Crippen LogP contribution < -0.4 is 0 Å². The first-order chi connectivity index (χ1) is 15.6. The van der Waals surface area contributed by atoms with Crippen molar-refractivity contribution in [3.8, 4) is 0 Å². The van der Waals surface area contributed by atoms with Crippen LogP contribution in [0.1, 0.15) is 45.0 Å². The number of nitrogens with one attached hydrogen (secondary N) is 2. The third-order valence-electron chi connectivity index (χ3n) is 6.19. The molecule has 0 saturated heterocycles. The minimum atomic E-state index is 0.728. The molecular formula is C28H26N4. The highest BCUT2D eigenvalue weighted by atomic mass is 14.8. The van der Waals surface area contributed by atoms with Gasteiger partial charge in [-0.3, -0.25) is 0 Å². The molecule has 0 atom stereocenters. The van der Waals surface area contributed by atoms with Crippen LogP contribution in [-0.2, 0) is 12.8 Å². The number of fused-ring (bicyclic) bond motifs is 8. The van der Waals surface area contributed by atoms with Crippen LogP contribution in [0.25, 0.3) is 46.4 Å². The molecule has 32 heavy (non-hydrogen) atoms. The Morgan fingerprint density at radius 1 is 0.625 bits per heavy atom. The molecule has 0 aliphatic carbocycles. The van der Waals surface area contributed by atoms with Crippen molar-refractivity contribution < 1.29 is 0 Å². The third kappa shape index (κ3) is 3.34. The van der Waals surface area contributed by atoms with Crippen LogP contribution >= 0.6 is 0 Å². The van der Waals surface area contributed by atoms with Crippen LogP contribution in [-0.4, -0.2) is 19.9 Å². The van der Waals surface area contributed by atoms with E-state index in [-0.39, 0.29) is 0 Å². The number of hydrogen-bond donors (Lipinski definition) is 2. The molecule has 2 aliphatic heterocycles. The molecule has 2 N–H and O–H groups in total. The fourth-order valence-electron chi connectivity index (χ4n) is 4.33. The maximum absolute atomic E-state index is 4.96. The SMILES string of the molecule is C=CCc1c2nc(c(C)c3nc(c(C)c4ccc([nH]4)c(CC=C)c4ccc1[nH]4)C=C3)C=C2. The summed E-state index contributed by atoms with van der Waals surface area (Å²) in [4.78, 5) is 17.1. The third-order valence-corrected chi connectivity index (χ3v) is 6.19. The lowest BCUT2D eigenvalue weighted by Crippen LogP contribution is -1.91. The Morgan fingerprint density at radius 3 is 1.69 bits per heavy atom. The molecule has 5 rings (SSSR count). The van der Waals surface area contributed by atoms with Crippen LogP contribution in [0.3, 0.4) is 0 Å². The van der Waals surface area contributed by atoms with Crippen molar-refractivity contribution in [1.82, 2.24) is 19.9 Å². The van der Waals surface area contributed by atoms with Crippen LogP contribution in [0.2, 0.25) is 0 Å². The molecule has 0 spiro atoms. The van der Waals surface area contributed by atoms with Crippen molar-refractivity contribution in [3.05, 3.63) is 94.6 Å². The highest BCUT2D eigenvalue weighted by Gasteiger charge is 2.13. The number of aryl methyl sites for hydroxylation is 1. The predicted octanol–water partition coefficient (Wildman–Crippen LogP) is 6.73. The van der Waals surface area contributed by atoms with Gasteiger partial charge in [0, 0.05) is 38.8 Å². The Kier molecular flexibility index (Phi) is 4.98. The second kappa shape index (κ2) is 7.97. The predicted molar refractivity (Wildman–Crippen MR) is 136 cm³/mol. The van der Waals surface area contributed by atoms with Gasteiger partial charge in [-0.05, 0) is 80.8 Å². The second-order valence-corrected chi connectivity index (χ2v) is 8.20. The number of rotatable bonds is 4. The Hall–Kier alpha value is -3.92. The molecule has 4 heteroatoms. The van der Waals surface area contributed by atoms with E-state index in [1.807, 2.05) is 12.2 Å². The maximum atomic E-state index is 4.96. The Morgan fingerprint density at radius 2 is 1.06 bits per heavy atom. The fourth-order valence-corrected chi connectivity index (χ4v) is 4.33. The summed E-state index contributed by atoms with van der Waals surface area (Å²) in [5.41, 5.74) is 12.6. The molecule has 3 aromatic rings. The summed E-state index contributed by atoms with van der Waals surface area (Å²) in [6.07, 6.45) is 13.7. The molecule has 0 aromatic carbocycles. The molecule has 0 fully saturated rings. The summed E-state index contributed by atoms with van der Waals surface area (Å²) in [6, 6.07) is 8.53. The van der Waals surface area contributed by atoms with Crippen LogP contribution in [0, 0.1) is 13.8 Å². The lowest BCUT2D eigenvalue weighted by atomic mass is 10.1. The number of nitrogens with zero attached hydrogens (tertiary/aromatic N) is 2. The summed E-state index contributed by atoms with van der Waals surface area (Å²) in [6.45, 7) is 12.1. The van der Waals surface area contributed by atoms with E-state index in [0.29, 0.717) is 0 Å². The molecule has 0 radical (unpaired) electrons. The quantitative estimate of drug-likeness (QED) is 0.318. The van der Waals surface area contributed by atoms with Gasteiger partial charge in [-0.2, -0.15) is 0 Å². The highest BCUT2D eigenvalue weighted by Crippen LogP contribution is 2.26. The minimum Gasteiger partial charge on any atom is -0.355 e. The van der Waals surface area contributed by atoms with Gasteiger partial charge in [0.2, 0.25) is 0 Å². The molecule has 0 saturated carbocycles. The van der Waals surface area contributed by atoms with Crippen molar-refractivity contribution in [2.24, 2.45) is 0 Å². The molecular weight excluding hydrogens is 392 g/mol. The van der Waals surface area contributed by atoms with Gasteiger partial charge in [-0.25, -0.2) is 9.97 Å². The largest absolute Gasteiger partial charge is 0.355 e. The average molecular weight is 419 g/mol. The van der Waals surface area contributed by atoms with Gasteiger partial charge >= 0.3 is 0 Å². The number of hydrogen-bond acceptors (Lipinski definition) is 2. The van der Waals surface area contributed by atoms with E-state index in [1.165, 1.54) is 5.56 Å². The van der Waals surface area contributed by atoms with Crippen molar-refractivity contribution in [3.63, 3.8) is 0 Å². The fraction of sp³-hybridized carbons (Fsp3) is 0.143. The lowest BCUT2D eigenvalue weighted by molar-refractivity contribution is 1.17. The molecule has 3 aromatic heterocycles. The zero-order valence-corrected chi connectivity index (χ0v) is 18.5. The van der Waals surface area contributed by atoms with E-state index < -0.39 is 0 Å². The molecule has 0 unspecified atom stereocenters. The summed E-state index contributed by atoms with van der Waals surface area (Å²) in [7, 11) is 0. The van der Waals surface area contributed by atoms with Gasteiger partial charge in [0.05, 0.1) is 22.8 Å². The van der Waals surface area contributed by atoms with Gasteiger partial charge in [0.15, 0.2) is 0 Å². The summed E-state index contributed by atoms with van der Waals surface area (Å²) in [5.74, 6) is 0. The van der Waals surface area contributed by atoms with Gasteiger partial charge in [0.25, 0.3) is 0 Å². The van der Waals surface area contributed by atoms with E-state index in [1.54, 1.807) is 0 Å². The van der Waals surface area contributed by atoms with E-state index in [2.05, 4.69) is 85.5 Å². The van der Waals surface area contributed by atoms with Gasteiger partial charge in [0.1, 0.15) is 0 Å². The molecule has 158 valence electrons. The van der Waals surface area contributed by atoms with E-state index in [4.69, 9.17) is 9.97 Å². The van der Waals surface area contributed by atoms with E-state index in [9.17, 15) is 0 Å². The minimum absolute atomic E-state index is 0.728. The van der Waals surface area contributed by atoms with Gasteiger partial charge < -0.3 is 9.97 Å². The Balaban J connectivity index is 1.96. The molecule has 0 amide bonds. The molecule has 8 bridgehead atoms. The number of H-pyrrole nitrogens is 2. The van der Waals surface area contributed by atoms with E-state index in [0.717, 1.165) is 74.4 Å². The zero-order chi connectivity index (χ0) is 22.2. The van der Waals surface area contributed by atoms with Crippen molar-refractivity contribution in [2.75, 3.05) is 0 Å². The van der Waals surface area contributed by atoms with Crippen molar-refractivity contribution in [2.45, 2.75) is 26.7 Å². The topological polar surface area (TPSA) is 57.4 Å². The number of allylic oxidation sites excluding steroid dienone is 2. The first-order valence-corrected chi connectivity index (χ1v) is 10.9. The molecule has 2 aliphatic rings. The summed E-state index contributed by atoms with van der Waals surface area (Å²) >= 11 is 0. The van der Waals surface area contributed by atoms with Crippen molar-refractivity contribution >= 4 is 46.4 Å². The smallest absolute Gasteiger partial charge is 0.0693 e. The molecule has 4 nitrogen and oxygen atoms in total. The number of aromatic nitrogens is 4. The lowest BCUT2D eigenvalue weighted by Gasteiger charge is -2.01. The average Bonchev–Trinajstić information content (AvgIpc) is 3.61. The Bertz CT molecular complexity index is 1470. The standard InChI is InChI=1S/C28H26N4/c1-5-7-19-25-13-11-23(30-25)17(3)21-9-10-22(29-21)18(4)24-12-14-26(31-24)20(8-6-2)28-16-15-27(19)32-28/h5-6,9-16,30,32H,1-2,7-8H2,3-4H3. The molecule has 5 heterocycles. The first kappa shape index (κ1) is 20.0. The van der Waals surface area contributed by atoms with Crippen LogP contribution in [0.5, 0.6) is 0 Å². The summed E-state index contributed by atoms with van der Waals surface area (Å²) < 4.78 is 0. The maximum Gasteiger partial charge on any atom is 0.0693 e. The van der Waals surface area contributed by atoms with Crippen LogP contribution in [0.15, 0.2) is 49.6 Å². The van der Waals surface area contributed by atoms with Gasteiger partial charge in [-0.1, -0.05) is 12.2 Å². The highest BCUT2D eigenvalue weighted by molar-refractivity contribution is 5.83. The summed E-state index contributed by atoms with van der Waals surface area (Å²) in [5, 5.41) is 0. The van der Waals surface area contributed by atoms with Crippen LogP contribution in [0.4, 0.5) is 0 Å². The Labute approximate surface area is 187 Å². The second-order valence-electron chi connectivity index (χ2n) is 8.20. The number of aromatic amines is 2. The zero-order valence-electron chi connectivity index (χ0n) is 18.5. The monoisotopic (exact) mass is 418 g/mol. The van der Waals surface area contributed by atoms with Crippen molar-refractivity contribution in [1.29, 1.82) is 0 Å². The van der Waals surface area contributed by atoms with Gasteiger partial charge in [-0.15, -0.1) is 13.2 Å². The van der Waals surface area contributed by atoms with E-state index >= 15 is 0 Å². The first-order valence-electron chi connectivity index (χ1n) is 10.9.